The Hall–Kier alpha value is -4.39. The minimum Gasteiger partial charge on any atom is -0.480 e. The minimum absolute atomic E-state index is 0.120. The highest BCUT2D eigenvalue weighted by molar-refractivity contribution is 5.99. The summed E-state index contributed by atoms with van der Waals surface area (Å²) in [5.41, 5.74) is 6.90. The highest BCUT2D eigenvalue weighted by atomic mass is 16.4. The number of carbonyl (C=O) groups is 3. The molecule has 0 fully saturated rings. The van der Waals surface area contributed by atoms with E-state index >= 15 is 0 Å². The Labute approximate surface area is 172 Å². The molecule has 0 radical (unpaired) electrons. The molecule has 2 aromatic rings. The number of guanidine groups is 1. The molecule has 0 aliphatic heterocycles. The monoisotopic (exact) mass is 408 g/mol. The molecule has 2 amide bonds. The third-order valence-corrected chi connectivity index (χ3v) is 3.89. The number of amides is 2. The Balaban J connectivity index is 1.92. The number of aliphatic imine (C=N–C) groups is 1. The maximum atomic E-state index is 12.3. The lowest BCUT2D eigenvalue weighted by atomic mass is 10.1. The second kappa shape index (κ2) is 10.8. The van der Waals surface area contributed by atoms with Crippen molar-refractivity contribution in [3.8, 4) is 6.19 Å². The Morgan fingerprint density at radius 2 is 1.87 bits per heavy atom. The predicted octanol–water partition coefficient (Wildman–Crippen LogP) is 0.436. The average Bonchev–Trinajstić information content (AvgIpc) is 2.72. The summed E-state index contributed by atoms with van der Waals surface area (Å²) in [5.74, 6) is -2.48. The number of carboxylic acid groups (broad SMARTS) is 1. The van der Waals surface area contributed by atoms with Crippen LogP contribution in [0.3, 0.4) is 0 Å². The van der Waals surface area contributed by atoms with Gasteiger partial charge in [-0.15, -0.1) is 4.99 Å². The van der Waals surface area contributed by atoms with Gasteiger partial charge in [0.25, 0.3) is 5.91 Å². The van der Waals surface area contributed by atoms with Gasteiger partial charge < -0.3 is 26.8 Å². The molecule has 0 spiro atoms. The van der Waals surface area contributed by atoms with E-state index in [9.17, 15) is 19.5 Å². The number of nitrogens with two attached hydrogens (primary N) is 1. The molecule has 0 saturated heterocycles. The lowest BCUT2D eigenvalue weighted by Gasteiger charge is -2.15. The normalized spacial score (nSPS) is 11.6. The van der Waals surface area contributed by atoms with E-state index in [0.717, 1.165) is 5.56 Å². The zero-order valence-corrected chi connectivity index (χ0v) is 15.8. The molecule has 30 heavy (non-hydrogen) atoms. The van der Waals surface area contributed by atoms with E-state index in [0.29, 0.717) is 5.69 Å². The quantitative estimate of drug-likeness (QED) is 0.240. The highest BCUT2D eigenvalue weighted by Gasteiger charge is 2.20. The third kappa shape index (κ3) is 6.97. The van der Waals surface area contributed by atoms with Gasteiger partial charge in [-0.05, 0) is 23.8 Å². The van der Waals surface area contributed by atoms with Crippen molar-refractivity contribution in [2.75, 3.05) is 11.9 Å². The first kappa shape index (κ1) is 21.9. The number of hydrogen-bond donors (Lipinski definition) is 5. The summed E-state index contributed by atoms with van der Waals surface area (Å²) in [7, 11) is 0. The molecule has 2 rings (SSSR count). The molecule has 10 nitrogen and oxygen atoms in total. The molecular formula is C20H20N6O4. The largest absolute Gasteiger partial charge is 0.480 e. The number of nitrogens with zero attached hydrogens (tertiary/aromatic N) is 2. The number of hydrogen-bond acceptors (Lipinski definition) is 5. The molecule has 0 bridgehead atoms. The first-order valence-electron chi connectivity index (χ1n) is 8.82. The van der Waals surface area contributed by atoms with E-state index in [1.54, 1.807) is 36.4 Å². The third-order valence-electron chi connectivity index (χ3n) is 3.89. The summed E-state index contributed by atoms with van der Waals surface area (Å²) in [6, 6.07) is 13.9. The van der Waals surface area contributed by atoms with Gasteiger partial charge in [0.05, 0.1) is 6.54 Å². The lowest BCUT2D eigenvalue weighted by Crippen LogP contribution is -2.46. The Morgan fingerprint density at radius 3 is 2.53 bits per heavy atom. The van der Waals surface area contributed by atoms with Crippen molar-refractivity contribution in [3.63, 3.8) is 0 Å². The van der Waals surface area contributed by atoms with E-state index in [1.165, 1.54) is 18.3 Å². The zero-order valence-electron chi connectivity index (χ0n) is 15.8. The summed E-state index contributed by atoms with van der Waals surface area (Å²) in [5, 5.41) is 25.3. The number of carboxylic acids is 1. The van der Waals surface area contributed by atoms with Crippen molar-refractivity contribution < 1.29 is 19.5 Å². The smallest absolute Gasteiger partial charge is 0.326 e. The van der Waals surface area contributed by atoms with E-state index in [1.807, 2.05) is 6.07 Å². The predicted molar refractivity (Wildman–Crippen MR) is 109 cm³/mol. The molecule has 0 saturated carbocycles. The summed E-state index contributed by atoms with van der Waals surface area (Å²) < 4.78 is 0. The van der Waals surface area contributed by atoms with Gasteiger partial charge in [-0.25, -0.2) is 4.79 Å². The summed E-state index contributed by atoms with van der Waals surface area (Å²) >= 11 is 0. The fourth-order valence-corrected chi connectivity index (χ4v) is 2.53. The van der Waals surface area contributed by atoms with Crippen LogP contribution >= 0.6 is 0 Å². The van der Waals surface area contributed by atoms with Crippen LogP contribution in [0.1, 0.15) is 15.9 Å². The van der Waals surface area contributed by atoms with Gasteiger partial charge in [0.1, 0.15) is 6.04 Å². The number of nitrogens with one attached hydrogen (secondary N) is 3. The maximum absolute atomic E-state index is 12.3. The Kier molecular flexibility index (Phi) is 7.90. The van der Waals surface area contributed by atoms with Crippen LogP contribution < -0.4 is 21.7 Å². The van der Waals surface area contributed by atoms with Crippen molar-refractivity contribution in [1.29, 1.82) is 5.26 Å². The van der Waals surface area contributed by atoms with Crippen LogP contribution in [0.2, 0.25) is 0 Å². The van der Waals surface area contributed by atoms with Crippen molar-refractivity contribution >= 4 is 29.4 Å². The van der Waals surface area contributed by atoms with Crippen LogP contribution in [-0.4, -0.2) is 41.4 Å². The molecule has 6 N–H and O–H groups in total. The standard InChI is InChI=1S/C20H20N6O4/c21-12-24-20(22)25-15-8-4-7-14(10-15)18(28)23-11-17(27)26-16(19(29)30)9-13-5-2-1-3-6-13/h1-8,10,16H,9,11H2,(H,23,28)(H,26,27)(H,29,30)(H3,22,24,25). The van der Waals surface area contributed by atoms with E-state index in [2.05, 4.69) is 20.9 Å². The van der Waals surface area contributed by atoms with Crippen LogP contribution in [-0.2, 0) is 16.0 Å². The Morgan fingerprint density at radius 1 is 1.13 bits per heavy atom. The molecule has 0 aromatic heterocycles. The second-order valence-corrected chi connectivity index (χ2v) is 6.13. The second-order valence-electron chi connectivity index (χ2n) is 6.13. The number of aliphatic carboxylic acids is 1. The average molecular weight is 408 g/mol. The van der Waals surface area contributed by atoms with Gasteiger partial charge in [0, 0.05) is 17.7 Å². The number of carbonyl (C=O) groups excluding carboxylic acids is 2. The first-order valence-corrected chi connectivity index (χ1v) is 8.82. The number of rotatable bonds is 8. The maximum Gasteiger partial charge on any atom is 0.326 e. The SMILES string of the molecule is N#CN=C(N)Nc1cccc(C(=O)NCC(=O)NC(Cc2ccccc2)C(=O)O)c1. The van der Waals surface area contributed by atoms with Crippen molar-refractivity contribution in [1.82, 2.24) is 10.6 Å². The molecule has 0 heterocycles. The minimum atomic E-state index is -1.17. The van der Waals surface area contributed by atoms with Crippen LogP contribution in [0.25, 0.3) is 0 Å². The van der Waals surface area contributed by atoms with Crippen LogP contribution in [0.4, 0.5) is 5.69 Å². The summed E-state index contributed by atoms with van der Waals surface area (Å²) in [6.07, 6.45) is 1.65. The summed E-state index contributed by atoms with van der Waals surface area (Å²) in [4.78, 5) is 39.1. The number of benzene rings is 2. The van der Waals surface area contributed by atoms with E-state index in [-0.39, 0.29) is 17.9 Å². The van der Waals surface area contributed by atoms with E-state index < -0.39 is 30.4 Å². The summed E-state index contributed by atoms with van der Waals surface area (Å²) in [6.45, 7) is -0.396. The van der Waals surface area contributed by atoms with Crippen LogP contribution in [0.5, 0.6) is 0 Å². The molecule has 1 unspecified atom stereocenters. The molecular weight excluding hydrogens is 388 g/mol. The van der Waals surface area contributed by atoms with Crippen LogP contribution in [0, 0.1) is 11.5 Å². The van der Waals surface area contributed by atoms with Crippen molar-refractivity contribution in [3.05, 3.63) is 65.7 Å². The van der Waals surface area contributed by atoms with Crippen molar-refractivity contribution in [2.45, 2.75) is 12.5 Å². The topological polar surface area (TPSA) is 170 Å². The molecule has 0 aliphatic carbocycles. The molecule has 2 aromatic carbocycles. The van der Waals surface area contributed by atoms with Crippen LogP contribution in [0.15, 0.2) is 59.6 Å². The fourth-order valence-electron chi connectivity index (χ4n) is 2.53. The van der Waals surface area contributed by atoms with Gasteiger partial charge in [0.15, 0.2) is 0 Å². The molecule has 154 valence electrons. The van der Waals surface area contributed by atoms with Gasteiger partial charge >= 0.3 is 5.97 Å². The van der Waals surface area contributed by atoms with Crippen molar-refractivity contribution in [2.24, 2.45) is 10.7 Å². The van der Waals surface area contributed by atoms with E-state index in [4.69, 9.17) is 11.0 Å². The lowest BCUT2D eigenvalue weighted by molar-refractivity contribution is -0.141. The van der Waals surface area contributed by atoms with Gasteiger partial charge in [-0.3, -0.25) is 9.59 Å². The molecule has 1 atom stereocenters. The first-order chi connectivity index (χ1) is 14.4. The molecule has 0 aliphatic rings. The van der Waals surface area contributed by atoms with Gasteiger partial charge in [-0.2, -0.15) is 5.26 Å². The Bertz CT molecular complexity index is 984. The fraction of sp³-hybridized carbons (Fsp3) is 0.150. The highest BCUT2D eigenvalue weighted by Crippen LogP contribution is 2.10. The zero-order chi connectivity index (χ0) is 21.9. The number of anilines is 1. The van der Waals surface area contributed by atoms with Gasteiger partial charge in [0.2, 0.25) is 18.1 Å². The number of nitriles is 1. The molecule has 10 heteroatoms. The van der Waals surface area contributed by atoms with Gasteiger partial charge in [-0.1, -0.05) is 36.4 Å².